The van der Waals surface area contributed by atoms with Crippen LogP contribution in [0.15, 0.2) is 24.3 Å². The molecule has 0 atom stereocenters. The first-order valence-electron chi connectivity index (χ1n) is 5.10. The molecule has 68 valence electrons. The van der Waals surface area contributed by atoms with Gasteiger partial charge in [0.2, 0.25) is 0 Å². The van der Waals surface area contributed by atoms with Crippen molar-refractivity contribution in [2.45, 2.75) is 33.1 Å². The Morgan fingerprint density at radius 2 is 2.15 bits per heavy atom. The van der Waals surface area contributed by atoms with Crippen molar-refractivity contribution < 1.29 is 0 Å². The van der Waals surface area contributed by atoms with Crippen LogP contribution in [-0.4, -0.2) is 0 Å². The molecular weight excluding hydrogens is 156 g/mol. The van der Waals surface area contributed by atoms with Gasteiger partial charge in [0.1, 0.15) is 0 Å². The Morgan fingerprint density at radius 3 is 2.92 bits per heavy atom. The fourth-order valence-corrected chi connectivity index (χ4v) is 2.11. The third kappa shape index (κ3) is 1.53. The molecule has 0 radical (unpaired) electrons. The van der Waals surface area contributed by atoms with Crippen LogP contribution in [-0.2, 0) is 6.42 Å². The van der Waals surface area contributed by atoms with Crippen molar-refractivity contribution in [1.82, 2.24) is 0 Å². The van der Waals surface area contributed by atoms with Gasteiger partial charge < -0.3 is 0 Å². The highest BCUT2D eigenvalue weighted by molar-refractivity contribution is 5.72. The van der Waals surface area contributed by atoms with E-state index in [4.69, 9.17) is 0 Å². The third-order valence-electron chi connectivity index (χ3n) is 2.72. The zero-order valence-corrected chi connectivity index (χ0v) is 8.43. The zero-order chi connectivity index (χ0) is 9.26. The number of hydrogen-bond donors (Lipinski definition) is 0. The van der Waals surface area contributed by atoms with E-state index < -0.39 is 0 Å². The molecule has 0 amide bonds. The van der Waals surface area contributed by atoms with Gasteiger partial charge in [-0.15, -0.1) is 0 Å². The molecule has 0 N–H and O–H groups in total. The highest BCUT2D eigenvalue weighted by Gasteiger charge is 2.14. The van der Waals surface area contributed by atoms with E-state index in [0.29, 0.717) is 0 Å². The summed E-state index contributed by atoms with van der Waals surface area (Å²) < 4.78 is 0. The molecule has 0 saturated carbocycles. The Hall–Kier alpha value is -1.04. The lowest BCUT2D eigenvalue weighted by molar-refractivity contribution is 1.07. The first kappa shape index (κ1) is 8.55. The highest BCUT2D eigenvalue weighted by atomic mass is 14.2. The van der Waals surface area contributed by atoms with Crippen LogP contribution in [0.4, 0.5) is 0 Å². The number of benzene rings is 1. The van der Waals surface area contributed by atoms with E-state index in [9.17, 15) is 0 Å². The van der Waals surface area contributed by atoms with Gasteiger partial charge in [-0.3, -0.25) is 0 Å². The molecule has 0 heterocycles. The molecule has 0 unspecified atom stereocenters. The topological polar surface area (TPSA) is 0 Å². The predicted molar refractivity (Wildman–Crippen MR) is 57.8 cm³/mol. The van der Waals surface area contributed by atoms with Crippen LogP contribution in [0.2, 0.25) is 0 Å². The monoisotopic (exact) mass is 172 g/mol. The summed E-state index contributed by atoms with van der Waals surface area (Å²) >= 11 is 0. The molecule has 1 aromatic rings. The van der Waals surface area contributed by atoms with E-state index in [1.54, 1.807) is 11.1 Å². The molecule has 1 aliphatic rings. The summed E-state index contributed by atoms with van der Waals surface area (Å²) in [5.41, 5.74) is 5.97. The van der Waals surface area contributed by atoms with Crippen molar-refractivity contribution in [2.75, 3.05) is 0 Å². The van der Waals surface area contributed by atoms with E-state index >= 15 is 0 Å². The molecule has 0 nitrogen and oxygen atoms in total. The van der Waals surface area contributed by atoms with Gasteiger partial charge in [0.05, 0.1) is 0 Å². The highest BCUT2D eigenvalue weighted by Crippen LogP contribution is 2.32. The van der Waals surface area contributed by atoms with Crippen molar-refractivity contribution >= 4 is 5.57 Å². The van der Waals surface area contributed by atoms with Crippen LogP contribution in [0.3, 0.4) is 0 Å². The van der Waals surface area contributed by atoms with Crippen LogP contribution in [0.1, 0.15) is 36.5 Å². The van der Waals surface area contributed by atoms with E-state index in [0.717, 1.165) is 6.42 Å². The van der Waals surface area contributed by atoms with Gasteiger partial charge in [0.25, 0.3) is 0 Å². The van der Waals surface area contributed by atoms with Gasteiger partial charge in [-0.1, -0.05) is 36.8 Å². The summed E-state index contributed by atoms with van der Waals surface area (Å²) in [6, 6.07) is 6.82. The smallest absolute Gasteiger partial charge is 0.0195 e. The number of allylic oxidation sites excluding steroid dienone is 2. The lowest BCUT2D eigenvalue weighted by Crippen LogP contribution is -1.82. The van der Waals surface area contributed by atoms with Crippen LogP contribution >= 0.6 is 0 Å². The number of fused-ring (bicyclic) bond motifs is 1. The van der Waals surface area contributed by atoms with Crippen molar-refractivity contribution in [3.8, 4) is 0 Å². The summed E-state index contributed by atoms with van der Waals surface area (Å²) in [5, 5.41) is 0. The zero-order valence-electron chi connectivity index (χ0n) is 8.43. The summed E-state index contributed by atoms with van der Waals surface area (Å²) in [6.07, 6.45) is 6.00. The van der Waals surface area contributed by atoms with Crippen molar-refractivity contribution in [1.29, 1.82) is 0 Å². The second kappa shape index (κ2) is 3.37. The van der Waals surface area contributed by atoms with Gasteiger partial charge >= 0.3 is 0 Å². The molecule has 2 rings (SSSR count). The summed E-state index contributed by atoms with van der Waals surface area (Å²) in [6.45, 7) is 4.38. The molecular formula is C13H16. The van der Waals surface area contributed by atoms with Crippen molar-refractivity contribution in [3.05, 3.63) is 41.0 Å². The maximum atomic E-state index is 2.36. The van der Waals surface area contributed by atoms with E-state index in [2.05, 4.69) is 38.1 Å². The minimum atomic E-state index is 1.16. The molecule has 0 saturated heterocycles. The van der Waals surface area contributed by atoms with Crippen molar-refractivity contribution in [2.24, 2.45) is 0 Å². The number of aryl methyl sites for hydroxylation is 2. The van der Waals surface area contributed by atoms with Gasteiger partial charge in [-0.25, -0.2) is 0 Å². The van der Waals surface area contributed by atoms with Crippen LogP contribution in [0, 0.1) is 6.92 Å². The first-order valence-corrected chi connectivity index (χ1v) is 5.10. The minimum absolute atomic E-state index is 1.16. The molecule has 1 aromatic carbocycles. The Labute approximate surface area is 80.3 Å². The van der Waals surface area contributed by atoms with Crippen molar-refractivity contribution in [3.63, 3.8) is 0 Å². The molecule has 0 spiro atoms. The average molecular weight is 172 g/mol. The van der Waals surface area contributed by atoms with Gasteiger partial charge in [0.15, 0.2) is 0 Å². The van der Waals surface area contributed by atoms with Gasteiger partial charge in [-0.2, -0.15) is 0 Å². The Balaban J connectivity index is 2.44. The average Bonchev–Trinajstić information content (AvgIpc) is 2.49. The van der Waals surface area contributed by atoms with E-state index in [-0.39, 0.29) is 0 Å². The number of rotatable bonds is 1. The fourth-order valence-electron chi connectivity index (χ4n) is 2.11. The minimum Gasteiger partial charge on any atom is -0.0810 e. The first-order chi connectivity index (χ1) is 6.31. The van der Waals surface area contributed by atoms with Crippen LogP contribution in [0.25, 0.3) is 5.57 Å². The van der Waals surface area contributed by atoms with Gasteiger partial charge in [0, 0.05) is 0 Å². The van der Waals surface area contributed by atoms with Gasteiger partial charge in [-0.05, 0) is 42.9 Å². The van der Waals surface area contributed by atoms with E-state index in [1.807, 2.05) is 0 Å². The lowest BCUT2D eigenvalue weighted by atomic mass is 10.0. The lowest BCUT2D eigenvalue weighted by Gasteiger charge is -2.01. The molecule has 0 heteroatoms. The molecule has 13 heavy (non-hydrogen) atoms. The quantitative estimate of drug-likeness (QED) is 0.605. The van der Waals surface area contributed by atoms with Crippen LogP contribution in [0.5, 0.6) is 0 Å². The molecule has 0 aromatic heterocycles. The van der Waals surface area contributed by atoms with E-state index in [1.165, 1.54) is 24.0 Å². The third-order valence-corrected chi connectivity index (χ3v) is 2.72. The normalized spacial score (nSPS) is 17.8. The maximum absolute atomic E-state index is 2.36. The Morgan fingerprint density at radius 1 is 1.31 bits per heavy atom. The fraction of sp³-hybridized carbons (Fsp3) is 0.385. The standard InChI is InChI=1S/C13H16/c1-3-4-11-6-7-12-9-10(2)5-8-13(11)12/h4-5,8-9H,3,6-7H2,1-2H3. The maximum Gasteiger partial charge on any atom is -0.0195 e. The molecule has 0 aliphatic heterocycles. The Kier molecular flexibility index (Phi) is 2.22. The molecule has 0 fully saturated rings. The second-order valence-electron chi connectivity index (χ2n) is 3.80. The molecule has 1 aliphatic carbocycles. The molecule has 0 bridgehead atoms. The summed E-state index contributed by atoms with van der Waals surface area (Å²) in [7, 11) is 0. The van der Waals surface area contributed by atoms with Crippen LogP contribution < -0.4 is 0 Å². The summed E-state index contributed by atoms with van der Waals surface area (Å²) in [5.74, 6) is 0. The largest absolute Gasteiger partial charge is 0.0810 e. The predicted octanol–water partition coefficient (Wildman–Crippen LogP) is 3.73. The SMILES string of the molecule is CCC=C1CCc2cc(C)ccc21. The number of hydrogen-bond acceptors (Lipinski definition) is 0. The Bertz CT molecular complexity index is 345. The second-order valence-corrected chi connectivity index (χ2v) is 3.80. The summed E-state index contributed by atoms with van der Waals surface area (Å²) in [4.78, 5) is 0.